The topological polar surface area (TPSA) is 134 Å². The monoisotopic (exact) mass is 469 g/mol. The van der Waals surface area contributed by atoms with Crippen molar-refractivity contribution in [2.75, 3.05) is 17.8 Å². The van der Waals surface area contributed by atoms with Gasteiger partial charge in [-0.3, -0.25) is 0 Å². The van der Waals surface area contributed by atoms with E-state index < -0.39 is 35.1 Å². The van der Waals surface area contributed by atoms with E-state index in [1.807, 2.05) is 30.3 Å². The Morgan fingerprint density at radius 2 is 2.03 bits per heavy atom. The van der Waals surface area contributed by atoms with Crippen LogP contribution >= 0.6 is 16.8 Å². The van der Waals surface area contributed by atoms with Gasteiger partial charge in [0.1, 0.15) is 18.6 Å². The smallest absolute Gasteiger partial charge is 0.197 e. The normalized spacial score (nSPS) is 22.3. The van der Waals surface area contributed by atoms with Crippen molar-refractivity contribution in [3.63, 3.8) is 0 Å². The lowest BCUT2D eigenvalue weighted by atomic mass is 10.1. The fourth-order valence-electron chi connectivity index (χ4n) is 3.34. The van der Waals surface area contributed by atoms with Gasteiger partial charge < -0.3 is 29.3 Å². The maximum Gasteiger partial charge on any atom is 0.197 e. The quantitative estimate of drug-likeness (QED) is 0.349. The molecule has 31 heavy (non-hydrogen) atoms. The van der Waals surface area contributed by atoms with Crippen LogP contribution in [0.3, 0.4) is 0 Å². The Hall–Kier alpha value is -1.84. The predicted molar refractivity (Wildman–Crippen MR) is 113 cm³/mol. The summed E-state index contributed by atoms with van der Waals surface area (Å²) in [5.41, 5.74) is 1.99. The lowest BCUT2D eigenvalue weighted by Gasteiger charge is -2.16. The molecule has 2 unspecified atom stereocenters. The molecule has 0 bridgehead atoms. The first kappa shape index (κ1) is 22.4. The summed E-state index contributed by atoms with van der Waals surface area (Å²) < 4.78 is 27.2. The molecule has 1 saturated heterocycles. The standard InChI is InChI=1S/C18H22FN5O5P2/c19-14-6-13(9-28-31(27)11-30(25)26)29-16(14)15-8-21-18-17(22-10-23-24(15)18)20-7-12-4-2-1-3-5-12/h1-5,8,10,13-14,16,25-27H,6-7,9,11H2,(H,20,22,23)/t13-,14?,16-,31?/m0/s1. The minimum Gasteiger partial charge on any atom is -0.363 e. The van der Waals surface area contributed by atoms with Gasteiger partial charge in [-0.15, -0.1) is 0 Å². The number of rotatable bonds is 9. The number of alkyl halides is 1. The molecule has 10 nitrogen and oxygen atoms in total. The van der Waals surface area contributed by atoms with Gasteiger partial charge in [0.15, 0.2) is 28.2 Å². The summed E-state index contributed by atoms with van der Waals surface area (Å²) in [6, 6.07) is 9.83. The first-order valence-corrected chi connectivity index (χ1v) is 12.3. The number of aromatic nitrogens is 4. The summed E-state index contributed by atoms with van der Waals surface area (Å²) in [4.78, 5) is 36.1. The number of nitrogens with zero attached hydrogens (tertiary/aromatic N) is 4. The molecule has 0 aliphatic carbocycles. The number of nitrogens with one attached hydrogen (secondary N) is 1. The largest absolute Gasteiger partial charge is 0.363 e. The third-order valence-corrected chi connectivity index (χ3v) is 7.16. The number of ether oxygens (including phenoxy) is 1. The molecule has 0 spiro atoms. The number of fused-ring (bicyclic) bond motifs is 1. The van der Waals surface area contributed by atoms with Gasteiger partial charge in [0.2, 0.25) is 0 Å². The van der Waals surface area contributed by atoms with Crippen LogP contribution in [-0.2, 0) is 15.8 Å². The molecule has 0 saturated carbocycles. The average molecular weight is 469 g/mol. The molecule has 3 heterocycles. The SMILES string of the molecule is OP(O)CP(O)OC[C@@H]1CC(F)[C@@H](c2cnc3c(NCc4ccccc4)ncnn23)O1. The van der Waals surface area contributed by atoms with E-state index in [1.165, 1.54) is 17.0 Å². The summed E-state index contributed by atoms with van der Waals surface area (Å²) >= 11 is 0. The van der Waals surface area contributed by atoms with E-state index in [0.717, 1.165) is 5.56 Å². The van der Waals surface area contributed by atoms with Gasteiger partial charge in [-0.25, -0.2) is 18.9 Å². The maximum atomic E-state index is 14.7. The zero-order valence-corrected chi connectivity index (χ0v) is 18.1. The molecule has 1 fully saturated rings. The second kappa shape index (κ2) is 10.2. The molecule has 0 amide bonds. The Morgan fingerprint density at radius 3 is 2.81 bits per heavy atom. The Bertz CT molecular complexity index is 998. The summed E-state index contributed by atoms with van der Waals surface area (Å²) in [5, 5.41) is 7.42. The second-order valence-electron chi connectivity index (χ2n) is 6.96. The molecular formula is C18H22FN5O5P2. The Balaban J connectivity index is 1.43. The zero-order chi connectivity index (χ0) is 21.8. The van der Waals surface area contributed by atoms with E-state index in [2.05, 4.69) is 20.4 Å². The fraction of sp³-hybridized carbons (Fsp3) is 0.389. The van der Waals surface area contributed by atoms with Crippen molar-refractivity contribution in [3.05, 3.63) is 54.1 Å². The molecule has 1 aliphatic rings. The van der Waals surface area contributed by atoms with Crippen LogP contribution in [0.25, 0.3) is 5.65 Å². The summed E-state index contributed by atoms with van der Waals surface area (Å²) in [6.45, 7) is 0.507. The molecular weight excluding hydrogens is 447 g/mol. The molecule has 2 aromatic heterocycles. The Labute approximate surface area is 179 Å². The van der Waals surface area contributed by atoms with Gasteiger partial charge in [-0.05, 0) is 5.56 Å². The third kappa shape index (κ3) is 5.51. The summed E-state index contributed by atoms with van der Waals surface area (Å²) in [6.07, 6.45) is 0.194. The van der Waals surface area contributed by atoms with Gasteiger partial charge in [-0.1, -0.05) is 30.3 Å². The second-order valence-corrected chi connectivity index (χ2v) is 9.80. The van der Waals surface area contributed by atoms with Crippen LogP contribution in [0, 0.1) is 0 Å². The van der Waals surface area contributed by atoms with Crippen molar-refractivity contribution in [2.24, 2.45) is 0 Å². The highest BCUT2D eigenvalue weighted by Crippen LogP contribution is 2.45. The first-order chi connectivity index (χ1) is 15.0. The lowest BCUT2D eigenvalue weighted by Crippen LogP contribution is -2.15. The van der Waals surface area contributed by atoms with Crippen LogP contribution in [0.4, 0.5) is 10.2 Å². The number of halogens is 1. The number of anilines is 1. The summed E-state index contributed by atoms with van der Waals surface area (Å²) in [5.74, 6) is 0.289. The van der Waals surface area contributed by atoms with Gasteiger partial charge >= 0.3 is 0 Å². The van der Waals surface area contributed by atoms with Crippen molar-refractivity contribution in [2.45, 2.75) is 31.3 Å². The molecule has 0 radical (unpaired) electrons. The van der Waals surface area contributed by atoms with Crippen LogP contribution in [0.15, 0.2) is 42.9 Å². The van der Waals surface area contributed by atoms with E-state index in [0.29, 0.717) is 23.7 Å². The van der Waals surface area contributed by atoms with Crippen LogP contribution in [0.1, 0.15) is 23.8 Å². The highest BCUT2D eigenvalue weighted by atomic mass is 31.2. The Kier molecular flexibility index (Phi) is 7.35. The van der Waals surface area contributed by atoms with Crippen LogP contribution in [-0.4, -0.2) is 59.0 Å². The minimum absolute atomic E-state index is 0.0438. The number of hydrogen-bond acceptors (Lipinski definition) is 9. The van der Waals surface area contributed by atoms with E-state index in [4.69, 9.17) is 19.0 Å². The molecule has 13 heteroatoms. The summed E-state index contributed by atoms with van der Waals surface area (Å²) in [7, 11) is -4.23. The van der Waals surface area contributed by atoms with Crippen LogP contribution in [0.5, 0.6) is 0 Å². The van der Waals surface area contributed by atoms with Crippen molar-refractivity contribution < 1.29 is 28.3 Å². The van der Waals surface area contributed by atoms with Crippen molar-refractivity contribution in [1.29, 1.82) is 0 Å². The highest BCUT2D eigenvalue weighted by Gasteiger charge is 2.39. The number of benzene rings is 1. The average Bonchev–Trinajstić information content (AvgIpc) is 3.34. The van der Waals surface area contributed by atoms with Crippen LogP contribution in [0.2, 0.25) is 0 Å². The van der Waals surface area contributed by atoms with E-state index >= 15 is 0 Å². The Morgan fingerprint density at radius 1 is 1.23 bits per heavy atom. The molecule has 4 rings (SSSR count). The molecule has 4 atom stereocenters. The van der Waals surface area contributed by atoms with Gasteiger partial charge in [0.25, 0.3) is 0 Å². The molecule has 1 aliphatic heterocycles. The fourth-order valence-corrected chi connectivity index (χ4v) is 4.87. The number of hydrogen-bond donors (Lipinski definition) is 4. The van der Waals surface area contributed by atoms with E-state index in [1.54, 1.807) is 0 Å². The molecule has 3 aromatic rings. The van der Waals surface area contributed by atoms with E-state index in [9.17, 15) is 9.28 Å². The third-order valence-electron chi connectivity index (χ3n) is 4.74. The van der Waals surface area contributed by atoms with Gasteiger partial charge in [-0.2, -0.15) is 5.10 Å². The maximum absolute atomic E-state index is 14.7. The molecule has 4 N–H and O–H groups in total. The van der Waals surface area contributed by atoms with Crippen molar-refractivity contribution >= 4 is 28.2 Å². The van der Waals surface area contributed by atoms with Crippen LogP contribution < -0.4 is 5.32 Å². The minimum atomic E-state index is -2.25. The first-order valence-electron chi connectivity index (χ1n) is 9.52. The number of imidazole rings is 1. The highest BCUT2D eigenvalue weighted by molar-refractivity contribution is 7.63. The van der Waals surface area contributed by atoms with Crippen molar-refractivity contribution in [1.82, 2.24) is 19.6 Å². The lowest BCUT2D eigenvalue weighted by molar-refractivity contribution is 0.00346. The molecule has 166 valence electrons. The van der Waals surface area contributed by atoms with Gasteiger partial charge in [0, 0.05) is 13.0 Å². The molecule has 1 aromatic carbocycles. The zero-order valence-electron chi connectivity index (χ0n) is 16.3. The van der Waals surface area contributed by atoms with Gasteiger partial charge in [0.05, 0.1) is 30.5 Å². The van der Waals surface area contributed by atoms with E-state index in [-0.39, 0.29) is 18.9 Å². The predicted octanol–water partition coefficient (Wildman–Crippen LogP) is 2.48. The van der Waals surface area contributed by atoms with Crippen molar-refractivity contribution in [3.8, 4) is 0 Å².